The first-order chi connectivity index (χ1) is 15.9. The maximum Gasteiger partial charge on any atom is 0.257 e. The summed E-state index contributed by atoms with van der Waals surface area (Å²) in [6.07, 6.45) is 1.52. The Hall–Kier alpha value is -3.19. The lowest BCUT2D eigenvalue weighted by Crippen LogP contribution is -2.44. The van der Waals surface area contributed by atoms with E-state index in [1.807, 2.05) is 49.9 Å². The molecule has 33 heavy (non-hydrogen) atoms. The Labute approximate surface area is 196 Å². The Morgan fingerprint density at radius 1 is 0.970 bits per heavy atom. The molecule has 2 aromatic carbocycles. The lowest BCUT2D eigenvalue weighted by Gasteiger charge is -2.33. The first-order valence-corrected chi connectivity index (χ1v) is 11.7. The highest BCUT2D eigenvalue weighted by Crippen LogP contribution is 2.21. The van der Waals surface area contributed by atoms with Gasteiger partial charge in [0.15, 0.2) is 0 Å². The monoisotopic (exact) mass is 450 g/mol. The van der Waals surface area contributed by atoms with Gasteiger partial charge in [0.1, 0.15) is 0 Å². The molecule has 0 bridgehead atoms. The Bertz CT molecular complexity index is 979. The average Bonchev–Trinajstić information content (AvgIpc) is 2.80. The molecule has 0 aliphatic carbocycles. The number of carbonyl (C=O) groups excluding carboxylic acids is 3. The van der Waals surface area contributed by atoms with Crippen LogP contribution < -0.4 is 10.6 Å². The summed E-state index contributed by atoms with van der Waals surface area (Å²) in [7, 11) is 0. The van der Waals surface area contributed by atoms with E-state index in [1.165, 1.54) is 0 Å². The molecule has 0 unspecified atom stereocenters. The molecule has 1 heterocycles. The van der Waals surface area contributed by atoms with Crippen molar-refractivity contribution in [1.82, 2.24) is 9.80 Å². The first-order valence-electron chi connectivity index (χ1n) is 11.7. The molecule has 0 atom stereocenters. The largest absolute Gasteiger partial charge is 0.343 e. The zero-order valence-corrected chi connectivity index (χ0v) is 19.8. The second kappa shape index (κ2) is 11.6. The van der Waals surface area contributed by atoms with Crippen molar-refractivity contribution >= 4 is 29.1 Å². The average molecular weight is 451 g/mol. The fourth-order valence-electron chi connectivity index (χ4n) is 4.24. The number of nitrogens with zero attached hydrogens (tertiary/aromatic N) is 2. The van der Waals surface area contributed by atoms with Crippen LogP contribution in [0.3, 0.4) is 0 Å². The molecule has 2 aromatic rings. The molecular weight excluding hydrogens is 416 g/mol. The number of benzene rings is 2. The van der Waals surface area contributed by atoms with Crippen molar-refractivity contribution < 1.29 is 14.4 Å². The Morgan fingerprint density at radius 2 is 1.67 bits per heavy atom. The highest BCUT2D eigenvalue weighted by Gasteiger charge is 2.28. The summed E-state index contributed by atoms with van der Waals surface area (Å²) < 4.78 is 0. The summed E-state index contributed by atoms with van der Waals surface area (Å²) in [5.41, 5.74) is 2.66. The van der Waals surface area contributed by atoms with E-state index in [9.17, 15) is 14.4 Å². The number of likely N-dealkylation sites (tertiary alicyclic amines) is 1. The third kappa shape index (κ3) is 6.65. The van der Waals surface area contributed by atoms with Crippen LogP contribution in [0.15, 0.2) is 48.5 Å². The van der Waals surface area contributed by atoms with E-state index in [0.29, 0.717) is 30.0 Å². The molecule has 1 aliphatic heterocycles. The summed E-state index contributed by atoms with van der Waals surface area (Å²) in [5.74, 6) is -0.181. The van der Waals surface area contributed by atoms with Crippen LogP contribution in [0.1, 0.15) is 42.6 Å². The number of para-hydroxylation sites is 1. The normalized spacial score (nSPS) is 14.5. The van der Waals surface area contributed by atoms with E-state index < -0.39 is 0 Å². The smallest absolute Gasteiger partial charge is 0.257 e. The van der Waals surface area contributed by atoms with Crippen LogP contribution in [0.4, 0.5) is 11.4 Å². The molecule has 7 heteroatoms. The molecule has 2 N–H and O–H groups in total. The predicted octanol–water partition coefficient (Wildman–Crippen LogP) is 3.77. The van der Waals surface area contributed by atoms with Gasteiger partial charge >= 0.3 is 0 Å². The van der Waals surface area contributed by atoms with Crippen molar-refractivity contribution in [2.24, 2.45) is 5.92 Å². The van der Waals surface area contributed by atoms with Gasteiger partial charge in [-0.25, -0.2) is 0 Å². The van der Waals surface area contributed by atoms with Gasteiger partial charge in [-0.2, -0.15) is 0 Å². The molecule has 0 spiro atoms. The molecule has 3 amide bonds. The van der Waals surface area contributed by atoms with Crippen LogP contribution in [0, 0.1) is 12.8 Å². The highest BCUT2D eigenvalue weighted by atomic mass is 16.2. The lowest BCUT2D eigenvalue weighted by molar-refractivity contribution is -0.136. The highest BCUT2D eigenvalue weighted by molar-refractivity contribution is 6.10. The molecule has 0 aromatic heterocycles. The van der Waals surface area contributed by atoms with Crippen molar-refractivity contribution in [2.45, 2.75) is 33.6 Å². The third-order valence-corrected chi connectivity index (χ3v) is 6.10. The van der Waals surface area contributed by atoms with Crippen LogP contribution in [-0.4, -0.2) is 60.2 Å². The zero-order chi connectivity index (χ0) is 23.8. The molecule has 3 rings (SSSR count). The molecule has 1 saturated heterocycles. The SMILES string of the molecule is CCN(CC)C(=O)C1CCN(CC(=O)Nc2ccccc2C(=O)Nc2cccc(C)c2)CC1. The van der Waals surface area contributed by atoms with Crippen molar-refractivity contribution in [3.8, 4) is 0 Å². The van der Waals surface area contributed by atoms with Crippen LogP contribution in [-0.2, 0) is 9.59 Å². The van der Waals surface area contributed by atoms with Gasteiger partial charge in [0.05, 0.1) is 17.8 Å². The van der Waals surface area contributed by atoms with Crippen molar-refractivity contribution in [3.05, 3.63) is 59.7 Å². The van der Waals surface area contributed by atoms with E-state index in [2.05, 4.69) is 15.5 Å². The van der Waals surface area contributed by atoms with Gasteiger partial charge in [0, 0.05) is 24.7 Å². The summed E-state index contributed by atoms with van der Waals surface area (Å²) in [6, 6.07) is 14.6. The fourth-order valence-corrected chi connectivity index (χ4v) is 4.24. The molecule has 1 fully saturated rings. The van der Waals surface area contributed by atoms with Crippen molar-refractivity contribution in [2.75, 3.05) is 43.4 Å². The van der Waals surface area contributed by atoms with Crippen molar-refractivity contribution in [3.63, 3.8) is 0 Å². The number of aryl methyl sites for hydroxylation is 1. The molecular formula is C26H34N4O3. The third-order valence-electron chi connectivity index (χ3n) is 6.10. The number of anilines is 2. The topological polar surface area (TPSA) is 81.8 Å². The molecule has 1 aliphatic rings. The van der Waals surface area contributed by atoms with Gasteiger partial charge in [0.25, 0.3) is 5.91 Å². The minimum absolute atomic E-state index is 0.0373. The van der Waals surface area contributed by atoms with Gasteiger partial charge in [-0.3, -0.25) is 19.3 Å². The minimum Gasteiger partial charge on any atom is -0.343 e. The van der Waals surface area contributed by atoms with Gasteiger partial charge in [-0.05, 0) is 76.5 Å². The Morgan fingerprint density at radius 3 is 2.33 bits per heavy atom. The number of nitrogens with one attached hydrogen (secondary N) is 2. The van der Waals surface area contributed by atoms with Gasteiger partial charge in [0.2, 0.25) is 11.8 Å². The number of rotatable bonds is 8. The van der Waals surface area contributed by atoms with Crippen LogP contribution >= 0.6 is 0 Å². The molecule has 7 nitrogen and oxygen atoms in total. The van der Waals surface area contributed by atoms with Gasteiger partial charge < -0.3 is 15.5 Å². The standard InChI is InChI=1S/C26H34N4O3/c1-4-30(5-2)26(33)20-13-15-29(16-14-20)18-24(31)28-23-12-7-6-11-22(23)25(32)27-21-10-8-9-19(3)17-21/h6-12,17,20H,4-5,13-16,18H2,1-3H3,(H,27,32)(H,28,31). The fraction of sp³-hybridized carbons (Fsp3) is 0.423. The molecule has 176 valence electrons. The van der Waals surface area contributed by atoms with E-state index in [-0.39, 0.29) is 30.2 Å². The number of hydrogen-bond donors (Lipinski definition) is 2. The van der Waals surface area contributed by atoms with E-state index in [4.69, 9.17) is 0 Å². The zero-order valence-electron chi connectivity index (χ0n) is 19.8. The lowest BCUT2D eigenvalue weighted by atomic mass is 9.95. The predicted molar refractivity (Wildman–Crippen MR) is 131 cm³/mol. The van der Waals surface area contributed by atoms with Crippen LogP contribution in [0.2, 0.25) is 0 Å². The quantitative estimate of drug-likeness (QED) is 0.642. The molecule has 0 saturated carbocycles. The van der Waals surface area contributed by atoms with Gasteiger partial charge in [-0.1, -0.05) is 24.3 Å². The second-order valence-electron chi connectivity index (χ2n) is 8.48. The van der Waals surface area contributed by atoms with E-state index in [0.717, 1.165) is 31.5 Å². The summed E-state index contributed by atoms with van der Waals surface area (Å²) in [6.45, 7) is 9.08. The Balaban J connectivity index is 1.55. The maximum absolute atomic E-state index is 12.8. The summed E-state index contributed by atoms with van der Waals surface area (Å²) in [4.78, 5) is 42.0. The number of piperidine rings is 1. The number of amides is 3. The number of hydrogen-bond acceptors (Lipinski definition) is 4. The summed E-state index contributed by atoms with van der Waals surface area (Å²) >= 11 is 0. The Kier molecular flexibility index (Phi) is 8.60. The van der Waals surface area contributed by atoms with Crippen molar-refractivity contribution in [1.29, 1.82) is 0 Å². The molecule has 0 radical (unpaired) electrons. The number of carbonyl (C=O) groups is 3. The second-order valence-corrected chi connectivity index (χ2v) is 8.48. The first kappa shape index (κ1) is 24.5. The van der Waals surface area contributed by atoms with Crippen LogP contribution in [0.25, 0.3) is 0 Å². The maximum atomic E-state index is 12.8. The van der Waals surface area contributed by atoms with Gasteiger partial charge in [-0.15, -0.1) is 0 Å². The summed E-state index contributed by atoms with van der Waals surface area (Å²) in [5, 5.41) is 5.78. The van der Waals surface area contributed by atoms with E-state index >= 15 is 0 Å². The van der Waals surface area contributed by atoms with Crippen LogP contribution in [0.5, 0.6) is 0 Å². The van der Waals surface area contributed by atoms with E-state index in [1.54, 1.807) is 24.3 Å². The minimum atomic E-state index is -0.271.